The van der Waals surface area contributed by atoms with Crippen molar-refractivity contribution in [3.8, 4) is 15.6 Å². The molecule has 0 fully saturated rings. The van der Waals surface area contributed by atoms with Crippen LogP contribution in [0.4, 0.5) is 5.69 Å². The molecule has 0 atom stereocenters. The number of aromatic nitrogens is 5. The highest BCUT2D eigenvalue weighted by atomic mass is 32.1. The van der Waals surface area contributed by atoms with Crippen molar-refractivity contribution >= 4 is 45.3 Å². The maximum Gasteiger partial charge on any atom is 0.261 e. The van der Waals surface area contributed by atoms with E-state index < -0.39 is 0 Å². The van der Waals surface area contributed by atoms with Gasteiger partial charge in [-0.2, -0.15) is 5.10 Å². The predicted molar refractivity (Wildman–Crippen MR) is 117 cm³/mol. The molecule has 1 aromatic carbocycles. The third-order valence-corrected chi connectivity index (χ3v) is 6.33. The minimum atomic E-state index is -0.266. The number of aromatic amines is 1. The van der Waals surface area contributed by atoms with Crippen molar-refractivity contribution in [3.05, 3.63) is 75.7 Å². The molecule has 2 N–H and O–H groups in total. The number of thiophene rings is 1. The number of anilines is 1. The van der Waals surface area contributed by atoms with Gasteiger partial charge < -0.3 is 10.3 Å². The van der Waals surface area contributed by atoms with Crippen LogP contribution in [0.1, 0.15) is 5.69 Å². The summed E-state index contributed by atoms with van der Waals surface area (Å²) in [6.45, 7) is 0. The van der Waals surface area contributed by atoms with E-state index >= 15 is 0 Å². The van der Waals surface area contributed by atoms with E-state index in [1.54, 1.807) is 17.4 Å². The molecule has 8 nitrogen and oxygen atoms in total. The number of hydrogen-bond acceptors (Lipinski definition) is 7. The Morgan fingerprint density at radius 2 is 2.07 bits per heavy atom. The SMILES string of the molecule is O=C(Cc1csc(-c2cccs2)n1)Nc1ccccc1-n1ncc2c(=O)[nH]cnc21. The van der Waals surface area contributed by atoms with Crippen molar-refractivity contribution in [2.75, 3.05) is 5.32 Å². The molecule has 30 heavy (non-hydrogen) atoms. The zero-order valence-electron chi connectivity index (χ0n) is 15.4. The maximum atomic E-state index is 12.7. The van der Waals surface area contributed by atoms with E-state index in [0.29, 0.717) is 22.4 Å². The van der Waals surface area contributed by atoms with Gasteiger partial charge in [-0.3, -0.25) is 9.59 Å². The average molecular weight is 435 g/mol. The van der Waals surface area contributed by atoms with Crippen molar-refractivity contribution in [1.82, 2.24) is 24.7 Å². The summed E-state index contributed by atoms with van der Waals surface area (Å²) in [5.74, 6) is -0.187. The Labute approximate surface area is 177 Å². The fraction of sp³-hybridized carbons (Fsp3) is 0.0500. The molecule has 5 aromatic rings. The van der Waals surface area contributed by atoms with Gasteiger partial charge in [0.05, 0.1) is 40.9 Å². The molecule has 5 rings (SSSR count). The molecule has 0 aliphatic carbocycles. The van der Waals surface area contributed by atoms with Crippen LogP contribution in [0.25, 0.3) is 26.6 Å². The second-order valence-electron chi connectivity index (χ2n) is 6.39. The van der Waals surface area contributed by atoms with Gasteiger partial charge in [-0.15, -0.1) is 22.7 Å². The Balaban J connectivity index is 1.40. The lowest BCUT2D eigenvalue weighted by molar-refractivity contribution is -0.115. The fourth-order valence-corrected chi connectivity index (χ4v) is 4.69. The average Bonchev–Trinajstić information content (AvgIpc) is 3.49. The van der Waals surface area contributed by atoms with Crippen LogP contribution in [-0.4, -0.2) is 30.6 Å². The summed E-state index contributed by atoms with van der Waals surface area (Å²) < 4.78 is 1.54. The monoisotopic (exact) mass is 434 g/mol. The van der Waals surface area contributed by atoms with E-state index in [1.165, 1.54) is 28.5 Å². The summed E-state index contributed by atoms with van der Waals surface area (Å²) in [5, 5.41) is 12.4. The van der Waals surface area contributed by atoms with Gasteiger partial charge in [0.1, 0.15) is 10.4 Å². The Morgan fingerprint density at radius 3 is 2.93 bits per heavy atom. The highest BCUT2D eigenvalue weighted by Crippen LogP contribution is 2.28. The molecule has 1 amide bonds. The molecule has 0 spiro atoms. The van der Waals surface area contributed by atoms with Crippen LogP contribution in [0.15, 0.2) is 64.5 Å². The summed E-state index contributed by atoms with van der Waals surface area (Å²) in [6, 6.07) is 11.2. The fourth-order valence-electron chi connectivity index (χ4n) is 3.06. The molecule has 0 unspecified atom stereocenters. The third-order valence-electron chi connectivity index (χ3n) is 4.40. The van der Waals surface area contributed by atoms with Crippen molar-refractivity contribution in [2.24, 2.45) is 0 Å². The summed E-state index contributed by atoms with van der Waals surface area (Å²) in [5.41, 5.74) is 2.06. The predicted octanol–water partition coefficient (Wildman–Crippen LogP) is 3.48. The Hall–Kier alpha value is -3.63. The summed E-state index contributed by atoms with van der Waals surface area (Å²) >= 11 is 3.14. The number of benzene rings is 1. The smallest absolute Gasteiger partial charge is 0.261 e. The number of para-hydroxylation sites is 2. The first-order valence-corrected chi connectivity index (χ1v) is 10.7. The van der Waals surface area contributed by atoms with Gasteiger partial charge in [-0.1, -0.05) is 18.2 Å². The van der Waals surface area contributed by atoms with Gasteiger partial charge in [-0.05, 0) is 23.6 Å². The van der Waals surface area contributed by atoms with E-state index in [-0.39, 0.29) is 17.9 Å². The second kappa shape index (κ2) is 7.65. The van der Waals surface area contributed by atoms with Gasteiger partial charge >= 0.3 is 0 Å². The van der Waals surface area contributed by atoms with Crippen molar-refractivity contribution in [1.29, 1.82) is 0 Å². The summed E-state index contributed by atoms with van der Waals surface area (Å²) in [7, 11) is 0. The molecule has 4 heterocycles. The first-order chi connectivity index (χ1) is 14.7. The van der Waals surface area contributed by atoms with Crippen LogP contribution in [0, 0.1) is 0 Å². The summed E-state index contributed by atoms with van der Waals surface area (Å²) in [6.07, 6.45) is 2.95. The lowest BCUT2D eigenvalue weighted by Crippen LogP contribution is -2.16. The molecule has 0 saturated carbocycles. The standard InChI is InChI=1S/C20H14N6O2S2/c27-17(8-12-10-30-20(24-12)16-6-3-7-29-16)25-14-4-1-2-5-15(14)26-18-13(9-23-26)19(28)22-11-21-18/h1-7,9-11H,8H2,(H,25,27)(H,21,22,28). The number of nitrogens with zero attached hydrogens (tertiary/aromatic N) is 4. The van der Waals surface area contributed by atoms with Crippen molar-refractivity contribution < 1.29 is 4.79 Å². The van der Waals surface area contributed by atoms with E-state index in [9.17, 15) is 9.59 Å². The Kier molecular flexibility index (Phi) is 4.69. The van der Waals surface area contributed by atoms with E-state index in [4.69, 9.17) is 0 Å². The van der Waals surface area contributed by atoms with Crippen LogP contribution < -0.4 is 10.9 Å². The molecule has 10 heteroatoms. The second-order valence-corrected chi connectivity index (χ2v) is 8.19. The lowest BCUT2D eigenvalue weighted by atomic mass is 10.2. The minimum absolute atomic E-state index is 0.161. The van der Waals surface area contributed by atoms with Gasteiger partial charge in [0, 0.05) is 5.38 Å². The van der Waals surface area contributed by atoms with Crippen LogP contribution in [0.3, 0.4) is 0 Å². The van der Waals surface area contributed by atoms with Crippen LogP contribution in [0.2, 0.25) is 0 Å². The summed E-state index contributed by atoms with van der Waals surface area (Å²) in [4.78, 5) is 37.0. The first kappa shape index (κ1) is 18.4. The third kappa shape index (κ3) is 3.42. The van der Waals surface area contributed by atoms with E-state index in [2.05, 4.69) is 25.4 Å². The van der Waals surface area contributed by atoms with Crippen molar-refractivity contribution in [3.63, 3.8) is 0 Å². The zero-order valence-corrected chi connectivity index (χ0v) is 17.0. The molecule has 148 valence electrons. The normalized spacial score (nSPS) is 11.1. The van der Waals surface area contributed by atoms with Gasteiger partial charge in [0.25, 0.3) is 5.56 Å². The molecule has 0 aliphatic rings. The number of nitrogens with one attached hydrogen (secondary N) is 2. The Morgan fingerprint density at radius 1 is 1.17 bits per heavy atom. The number of carbonyl (C=O) groups is 1. The topological polar surface area (TPSA) is 106 Å². The number of carbonyl (C=O) groups excluding carboxylic acids is 1. The highest BCUT2D eigenvalue weighted by molar-refractivity contribution is 7.20. The zero-order chi connectivity index (χ0) is 20.5. The number of fused-ring (bicyclic) bond motifs is 1. The molecule has 4 aromatic heterocycles. The van der Waals surface area contributed by atoms with E-state index in [1.807, 2.05) is 41.1 Å². The van der Waals surface area contributed by atoms with Crippen molar-refractivity contribution in [2.45, 2.75) is 6.42 Å². The van der Waals surface area contributed by atoms with Gasteiger partial charge in [0.15, 0.2) is 5.65 Å². The molecular formula is C20H14N6O2S2. The molecule has 0 aliphatic heterocycles. The van der Waals surface area contributed by atoms with Crippen LogP contribution >= 0.6 is 22.7 Å². The largest absolute Gasteiger partial charge is 0.324 e. The Bertz CT molecular complexity index is 1400. The van der Waals surface area contributed by atoms with Crippen LogP contribution in [0.5, 0.6) is 0 Å². The number of amides is 1. The molecular weight excluding hydrogens is 420 g/mol. The highest BCUT2D eigenvalue weighted by Gasteiger charge is 2.15. The van der Waals surface area contributed by atoms with Gasteiger partial charge in [0.2, 0.25) is 5.91 Å². The number of rotatable bonds is 5. The molecule has 0 bridgehead atoms. The molecule has 0 radical (unpaired) electrons. The minimum Gasteiger partial charge on any atom is -0.324 e. The maximum absolute atomic E-state index is 12.7. The number of hydrogen-bond donors (Lipinski definition) is 2. The number of H-pyrrole nitrogens is 1. The van der Waals surface area contributed by atoms with Crippen LogP contribution in [-0.2, 0) is 11.2 Å². The van der Waals surface area contributed by atoms with E-state index in [0.717, 1.165) is 15.6 Å². The van der Waals surface area contributed by atoms with Gasteiger partial charge in [-0.25, -0.2) is 14.6 Å². The quantitative estimate of drug-likeness (QED) is 0.441. The first-order valence-electron chi connectivity index (χ1n) is 8.98. The molecule has 0 saturated heterocycles. The lowest BCUT2D eigenvalue weighted by Gasteiger charge is -2.11. The number of thiazole rings is 1.